The van der Waals surface area contributed by atoms with Crippen LogP contribution in [0.1, 0.15) is 36.2 Å². The average molecular weight is 501 g/mol. The lowest BCUT2D eigenvalue weighted by molar-refractivity contribution is 0.174. The summed E-state index contributed by atoms with van der Waals surface area (Å²) >= 11 is 0. The molecule has 5 rings (SSSR count). The Hall–Kier alpha value is -3.43. The zero-order valence-corrected chi connectivity index (χ0v) is 20.0. The summed E-state index contributed by atoms with van der Waals surface area (Å²) in [5, 5.41) is 0. The van der Waals surface area contributed by atoms with Gasteiger partial charge in [0.2, 0.25) is 16.8 Å². The summed E-state index contributed by atoms with van der Waals surface area (Å²) in [6, 6.07) is 3.57. The average Bonchev–Trinajstić information content (AvgIpc) is 3.41. The van der Waals surface area contributed by atoms with Crippen molar-refractivity contribution in [1.29, 1.82) is 0 Å². The lowest BCUT2D eigenvalue weighted by atomic mass is 9.96. The van der Waals surface area contributed by atoms with Crippen LogP contribution in [0.5, 0.6) is 11.5 Å². The maximum atomic E-state index is 14.1. The molecule has 0 saturated carbocycles. The number of anilines is 1. The molecule has 0 radical (unpaired) electrons. The third-order valence-corrected chi connectivity index (χ3v) is 7.76. The second-order valence-electron chi connectivity index (χ2n) is 8.83. The number of hydrogen-bond acceptors (Lipinski definition) is 8. The van der Waals surface area contributed by atoms with E-state index in [9.17, 15) is 12.8 Å². The minimum Gasteiger partial charge on any atom is -0.454 e. The van der Waals surface area contributed by atoms with Crippen molar-refractivity contribution < 1.29 is 22.3 Å². The summed E-state index contributed by atoms with van der Waals surface area (Å²) in [5.41, 5.74) is 7.99. The number of piperidine rings is 1. The number of imidazole rings is 1. The van der Waals surface area contributed by atoms with Crippen molar-refractivity contribution in [3.8, 4) is 23.8 Å². The van der Waals surface area contributed by atoms with Crippen molar-refractivity contribution in [3.63, 3.8) is 0 Å². The molecule has 2 aliphatic rings. The monoisotopic (exact) mass is 500 g/mol. The Balaban J connectivity index is 1.48. The molecular formula is C23H25FN6O4S. The van der Waals surface area contributed by atoms with Crippen molar-refractivity contribution in [3.05, 3.63) is 35.2 Å². The smallest absolute Gasteiger partial charge is 0.312 e. The van der Waals surface area contributed by atoms with Crippen LogP contribution in [0.25, 0.3) is 11.2 Å². The maximum Gasteiger partial charge on any atom is 0.312 e. The molecule has 0 aliphatic carbocycles. The van der Waals surface area contributed by atoms with Crippen LogP contribution >= 0.6 is 0 Å². The number of aromatic nitrogens is 4. The van der Waals surface area contributed by atoms with Crippen molar-refractivity contribution in [2.24, 2.45) is 5.92 Å². The Morgan fingerprint density at radius 1 is 1.26 bits per heavy atom. The Bertz CT molecular complexity index is 1450. The summed E-state index contributed by atoms with van der Waals surface area (Å²) in [4.78, 5) is 12.2. The second kappa shape index (κ2) is 8.98. The van der Waals surface area contributed by atoms with Gasteiger partial charge in [0, 0.05) is 37.7 Å². The van der Waals surface area contributed by atoms with Crippen LogP contribution < -0.4 is 15.2 Å². The van der Waals surface area contributed by atoms with Gasteiger partial charge in [-0.05, 0) is 36.8 Å². The molecule has 4 heterocycles. The van der Waals surface area contributed by atoms with E-state index in [1.165, 1.54) is 10.6 Å². The first kappa shape index (κ1) is 23.3. The van der Waals surface area contributed by atoms with Crippen LogP contribution in [-0.2, 0) is 23.0 Å². The molecule has 0 spiro atoms. The van der Waals surface area contributed by atoms with E-state index >= 15 is 0 Å². The third kappa shape index (κ3) is 4.61. The van der Waals surface area contributed by atoms with Crippen LogP contribution in [0.4, 0.5) is 10.2 Å². The van der Waals surface area contributed by atoms with E-state index in [0.29, 0.717) is 66.5 Å². The highest BCUT2D eigenvalue weighted by Crippen LogP contribution is 2.36. The van der Waals surface area contributed by atoms with Gasteiger partial charge in [-0.15, -0.1) is 6.42 Å². The number of benzene rings is 1. The molecule has 12 heteroatoms. The molecule has 2 aliphatic heterocycles. The van der Waals surface area contributed by atoms with Gasteiger partial charge in [0.05, 0.1) is 6.26 Å². The fraction of sp³-hybridized carbons (Fsp3) is 0.435. The van der Waals surface area contributed by atoms with E-state index in [0.717, 1.165) is 18.4 Å². The lowest BCUT2D eigenvalue weighted by Gasteiger charge is -2.31. The fourth-order valence-corrected chi connectivity index (χ4v) is 5.66. The SMILES string of the molecule is C#Cc1cc2c(cc1Cc1nc3c(N)nc(F)nc3n1CCC1CCCN(S(C)(=O)=O)C1)OCO2. The van der Waals surface area contributed by atoms with Crippen LogP contribution in [-0.4, -0.2) is 58.4 Å². The highest BCUT2D eigenvalue weighted by atomic mass is 32.2. The van der Waals surface area contributed by atoms with E-state index in [4.69, 9.17) is 21.6 Å². The molecule has 0 bridgehead atoms. The Morgan fingerprint density at radius 2 is 2.03 bits per heavy atom. The van der Waals surface area contributed by atoms with Gasteiger partial charge in [-0.3, -0.25) is 0 Å². The van der Waals surface area contributed by atoms with Crippen LogP contribution in [0, 0.1) is 24.3 Å². The number of hydrogen-bond donors (Lipinski definition) is 1. The largest absolute Gasteiger partial charge is 0.454 e. The van der Waals surface area contributed by atoms with Crippen molar-refractivity contribution in [1.82, 2.24) is 23.8 Å². The number of rotatable bonds is 6. The van der Waals surface area contributed by atoms with Gasteiger partial charge >= 0.3 is 6.08 Å². The second-order valence-corrected chi connectivity index (χ2v) is 10.8. The molecule has 3 aromatic rings. The number of fused-ring (bicyclic) bond motifs is 2. The first-order valence-corrected chi connectivity index (χ1v) is 13.1. The van der Waals surface area contributed by atoms with E-state index in [1.54, 1.807) is 6.07 Å². The minimum absolute atomic E-state index is 0.0451. The van der Waals surface area contributed by atoms with Gasteiger partial charge in [-0.25, -0.2) is 17.7 Å². The van der Waals surface area contributed by atoms with Gasteiger partial charge < -0.3 is 19.8 Å². The molecule has 2 aromatic heterocycles. The Kier molecular flexibility index (Phi) is 5.98. The highest BCUT2D eigenvalue weighted by molar-refractivity contribution is 7.88. The van der Waals surface area contributed by atoms with Gasteiger partial charge in [0.1, 0.15) is 5.82 Å². The summed E-state index contributed by atoms with van der Waals surface area (Å²) < 4.78 is 52.4. The first-order chi connectivity index (χ1) is 16.7. The lowest BCUT2D eigenvalue weighted by Crippen LogP contribution is -2.39. The molecule has 2 N–H and O–H groups in total. The number of sulfonamides is 1. The summed E-state index contributed by atoms with van der Waals surface area (Å²) in [5.74, 6) is 4.55. The number of ether oxygens (including phenoxy) is 2. The normalized spacial score (nSPS) is 18.1. The molecule has 1 aromatic carbocycles. The minimum atomic E-state index is -3.25. The molecule has 35 heavy (non-hydrogen) atoms. The first-order valence-electron chi connectivity index (χ1n) is 11.3. The number of nitrogens with two attached hydrogens (primary N) is 1. The quantitative estimate of drug-likeness (QED) is 0.402. The summed E-state index contributed by atoms with van der Waals surface area (Å²) in [7, 11) is -3.25. The van der Waals surface area contributed by atoms with Gasteiger partial charge in [-0.2, -0.15) is 14.4 Å². The Morgan fingerprint density at radius 3 is 2.77 bits per heavy atom. The molecule has 0 amide bonds. The van der Waals surface area contributed by atoms with E-state index in [2.05, 4.69) is 20.9 Å². The fourth-order valence-electron chi connectivity index (χ4n) is 4.72. The molecule has 1 unspecified atom stereocenters. The van der Waals surface area contributed by atoms with Crippen LogP contribution in [0.2, 0.25) is 0 Å². The predicted octanol–water partition coefficient (Wildman–Crippen LogP) is 1.91. The van der Waals surface area contributed by atoms with Crippen molar-refractivity contribution >= 4 is 27.0 Å². The standard InChI is InChI=1S/C23H25FN6O4S/c1-3-15-9-17-18(34-13-33-17)10-16(15)11-19-26-20-21(25)27-23(24)28-22(20)30(19)8-6-14-5-4-7-29(12-14)35(2,31)32/h1,9-10,14H,4-8,11-13H2,2H3,(H2,25,27,28). The molecule has 1 saturated heterocycles. The summed E-state index contributed by atoms with van der Waals surface area (Å²) in [6.45, 7) is 1.57. The van der Waals surface area contributed by atoms with E-state index < -0.39 is 16.1 Å². The number of nitrogens with zero attached hydrogens (tertiary/aromatic N) is 5. The zero-order valence-electron chi connectivity index (χ0n) is 19.2. The molecule has 1 fully saturated rings. The number of aryl methyl sites for hydroxylation is 1. The maximum absolute atomic E-state index is 14.1. The summed E-state index contributed by atoms with van der Waals surface area (Å²) in [6.07, 6.45) is 8.73. The number of terminal acetylenes is 1. The highest BCUT2D eigenvalue weighted by Gasteiger charge is 2.27. The van der Waals surface area contributed by atoms with E-state index in [-0.39, 0.29) is 18.5 Å². The molecule has 184 valence electrons. The van der Waals surface area contributed by atoms with Crippen molar-refractivity contribution in [2.45, 2.75) is 32.2 Å². The van der Waals surface area contributed by atoms with Gasteiger partial charge in [-0.1, -0.05) is 5.92 Å². The predicted molar refractivity (Wildman–Crippen MR) is 127 cm³/mol. The molecular weight excluding hydrogens is 475 g/mol. The zero-order chi connectivity index (χ0) is 24.7. The number of nitrogen functional groups attached to an aromatic ring is 1. The van der Waals surface area contributed by atoms with Crippen LogP contribution in [0.15, 0.2) is 12.1 Å². The van der Waals surface area contributed by atoms with Crippen LogP contribution in [0.3, 0.4) is 0 Å². The third-order valence-electron chi connectivity index (χ3n) is 6.49. The molecule has 10 nitrogen and oxygen atoms in total. The van der Waals surface area contributed by atoms with Gasteiger partial charge in [0.25, 0.3) is 0 Å². The number of halogens is 1. The topological polar surface area (TPSA) is 125 Å². The Labute approximate surface area is 202 Å². The van der Waals surface area contributed by atoms with Crippen molar-refractivity contribution in [2.75, 3.05) is 31.9 Å². The van der Waals surface area contributed by atoms with Gasteiger partial charge in [0.15, 0.2) is 28.5 Å². The van der Waals surface area contributed by atoms with E-state index in [1.807, 2.05) is 10.6 Å². The molecule has 1 atom stereocenters.